The van der Waals surface area contributed by atoms with Crippen molar-refractivity contribution < 1.29 is 8.83 Å². The molecule has 58 heavy (non-hydrogen) atoms. The summed E-state index contributed by atoms with van der Waals surface area (Å²) in [6.07, 6.45) is 3.01. The van der Waals surface area contributed by atoms with Crippen molar-refractivity contribution in [2.45, 2.75) is 13.3 Å². The minimum Gasteiger partial charge on any atom is -0.456 e. The van der Waals surface area contributed by atoms with Gasteiger partial charge in [-0.05, 0) is 65.2 Å². The third-order valence-corrected chi connectivity index (χ3v) is 11.8. The Morgan fingerprint density at radius 2 is 1.21 bits per heavy atom. The van der Waals surface area contributed by atoms with Crippen LogP contribution >= 0.6 is 0 Å². The molecule has 0 N–H and O–H groups in total. The molecule has 0 saturated heterocycles. The molecule has 4 heterocycles. The molecule has 5 heteroatoms. The fraction of sp³-hybridized carbons (Fsp3) is 0.0566. The van der Waals surface area contributed by atoms with Crippen LogP contribution < -0.4 is 0 Å². The number of hydrogen-bond donors (Lipinski definition) is 0. The predicted molar refractivity (Wildman–Crippen MR) is 241 cm³/mol. The fourth-order valence-corrected chi connectivity index (χ4v) is 9.07. The Labute approximate surface area is 333 Å². The van der Waals surface area contributed by atoms with Crippen LogP contribution in [-0.2, 0) is 0 Å². The van der Waals surface area contributed by atoms with Crippen LogP contribution in [0.3, 0.4) is 0 Å². The molecule has 0 saturated carbocycles. The maximum atomic E-state index is 6.76. The molecule has 0 fully saturated rings. The lowest BCUT2D eigenvalue weighted by Gasteiger charge is -2.20. The fourth-order valence-electron chi connectivity index (χ4n) is 9.07. The van der Waals surface area contributed by atoms with Crippen LogP contribution in [0.15, 0.2) is 195 Å². The summed E-state index contributed by atoms with van der Waals surface area (Å²) in [5, 5.41) is 9.05. The van der Waals surface area contributed by atoms with E-state index in [0.717, 1.165) is 95.1 Å². The summed E-state index contributed by atoms with van der Waals surface area (Å²) in [4.78, 5) is 11.1. The molecule has 1 aliphatic heterocycles. The van der Waals surface area contributed by atoms with Gasteiger partial charge in [0.1, 0.15) is 22.3 Å². The third kappa shape index (κ3) is 5.03. The van der Waals surface area contributed by atoms with Crippen LogP contribution in [0.25, 0.3) is 87.8 Å². The molecule has 11 aromatic rings. The summed E-state index contributed by atoms with van der Waals surface area (Å²) in [5.74, 6) is 0.629. The number of aromatic nitrogens is 1. The Hall–Kier alpha value is -7.50. The molecule has 1 atom stereocenters. The van der Waals surface area contributed by atoms with Crippen LogP contribution in [0.5, 0.6) is 0 Å². The number of aliphatic imine (C=N–C) groups is 2. The number of fused-ring (bicyclic) bond motifs is 10. The normalized spacial score (nSPS) is 15.9. The Balaban J connectivity index is 1.17. The van der Waals surface area contributed by atoms with E-state index in [0.29, 0.717) is 5.84 Å². The number of nitrogens with zero attached hydrogens (tertiary/aromatic N) is 3. The lowest BCUT2D eigenvalue weighted by Crippen LogP contribution is -2.18. The number of furan rings is 2. The molecular weight excluding hydrogens is 711 g/mol. The van der Waals surface area contributed by atoms with E-state index >= 15 is 0 Å². The second-order valence-corrected chi connectivity index (χ2v) is 15.3. The second-order valence-electron chi connectivity index (χ2n) is 15.3. The van der Waals surface area contributed by atoms with Gasteiger partial charge < -0.3 is 13.4 Å². The number of benzene rings is 8. The zero-order chi connectivity index (χ0) is 38.3. The molecular formula is C53H35N3O2. The SMILES string of the molecule is CC1C/C=C(\c2ccccc2)N=C(c2cccc3c2oc2ccccc23)N=C1c1cc(-n2c3ccccc3c3cc4ccccc4cc32)cc2oc3ccccc3c12. The van der Waals surface area contributed by atoms with Crippen LogP contribution in [0, 0.1) is 5.92 Å². The maximum absolute atomic E-state index is 6.76. The van der Waals surface area contributed by atoms with E-state index in [4.69, 9.17) is 18.8 Å². The molecule has 8 aromatic carbocycles. The first-order valence-corrected chi connectivity index (χ1v) is 19.9. The molecule has 0 spiro atoms. The van der Waals surface area contributed by atoms with E-state index < -0.39 is 0 Å². The van der Waals surface area contributed by atoms with Crippen molar-refractivity contribution in [3.63, 3.8) is 0 Å². The topological polar surface area (TPSA) is 55.9 Å². The summed E-state index contributed by atoms with van der Waals surface area (Å²) in [6, 6.07) is 59.7. The third-order valence-electron chi connectivity index (χ3n) is 11.8. The van der Waals surface area contributed by atoms with Crippen molar-refractivity contribution in [3.05, 3.63) is 193 Å². The summed E-state index contributed by atoms with van der Waals surface area (Å²) in [6.45, 7) is 2.27. The molecule has 3 aromatic heterocycles. The lowest BCUT2D eigenvalue weighted by atomic mass is 9.90. The molecule has 0 bridgehead atoms. The first-order valence-electron chi connectivity index (χ1n) is 19.9. The van der Waals surface area contributed by atoms with E-state index in [-0.39, 0.29) is 5.92 Å². The van der Waals surface area contributed by atoms with Crippen LogP contribution in [0.2, 0.25) is 0 Å². The highest BCUT2D eigenvalue weighted by atomic mass is 16.3. The molecule has 274 valence electrons. The Morgan fingerprint density at radius 3 is 2.05 bits per heavy atom. The highest BCUT2D eigenvalue weighted by Crippen LogP contribution is 2.40. The van der Waals surface area contributed by atoms with Gasteiger partial charge in [0.05, 0.1) is 33.7 Å². The highest BCUT2D eigenvalue weighted by molar-refractivity contribution is 6.25. The van der Waals surface area contributed by atoms with Gasteiger partial charge in [-0.3, -0.25) is 0 Å². The van der Waals surface area contributed by atoms with Crippen molar-refractivity contribution in [2.24, 2.45) is 15.9 Å². The van der Waals surface area contributed by atoms with E-state index in [9.17, 15) is 0 Å². The van der Waals surface area contributed by atoms with E-state index in [1.807, 2.05) is 24.3 Å². The van der Waals surface area contributed by atoms with Crippen molar-refractivity contribution in [2.75, 3.05) is 0 Å². The van der Waals surface area contributed by atoms with E-state index in [1.165, 1.54) is 21.5 Å². The lowest BCUT2D eigenvalue weighted by molar-refractivity contribution is 0.667. The molecule has 5 nitrogen and oxygen atoms in total. The van der Waals surface area contributed by atoms with Gasteiger partial charge >= 0.3 is 0 Å². The Morgan fingerprint density at radius 1 is 0.517 bits per heavy atom. The Bertz CT molecular complexity index is 3560. The van der Waals surface area contributed by atoms with Crippen LogP contribution in [0.4, 0.5) is 0 Å². The van der Waals surface area contributed by atoms with Crippen LogP contribution in [0.1, 0.15) is 30.0 Å². The number of amidine groups is 1. The number of hydrogen-bond acceptors (Lipinski definition) is 4. The first kappa shape index (κ1) is 32.7. The van der Waals surface area contributed by atoms with Crippen molar-refractivity contribution in [3.8, 4) is 5.69 Å². The molecule has 1 aliphatic rings. The Kier molecular flexibility index (Phi) is 7.20. The van der Waals surface area contributed by atoms with Crippen molar-refractivity contribution >= 4 is 93.7 Å². The number of allylic oxidation sites excluding steroid dienone is 1. The maximum Gasteiger partial charge on any atom is 0.163 e. The zero-order valence-electron chi connectivity index (χ0n) is 31.7. The average molecular weight is 746 g/mol. The van der Waals surface area contributed by atoms with Gasteiger partial charge in [0.25, 0.3) is 0 Å². The summed E-state index contributed by atoms with van der Waals surface area (Å²) in [5.41, 5.74) is 11.3. The van der Waals surface area contributed by atoms with Gasteiger partial charge in [-0.25, -0.2) is 9.98 Å². The van der Waals surface area contributed by atoms with Crippen molar-refractivity contribution in [1.29, 1.82) is 0 Å². The second kappa shape index (κ2) is 12.8. The quantitative estimate of drug-likeness (QED) is 0.180. The minimum atomic E-state index is 0.0216. The molecule has 0 radical (unpaired) electrons. The van der Waals surface area contributed by atoms with Gasteiger partial charge in [-0.1, -0.05) is 134 Å². The standard InChI is InChI=1S/C53H35N3O2/c1-32-26-27-44(33-14-3-2-4-15-33)54-53(41-22-13-21-39-38-19-8-11-24-47(38)58-52(39)41)55-51(32)43-30-36(31-49-50(43)40-20-9-12-25-48(40)57-49)56-45-23-10-7-18-37(45)42-28-34-16-5-6-17-35(34)29-46(42)56/h2-25,27-32H,26H2,1H3/b44-27+,54-53?,55-51?. The van der Waals surface area contributed by atoms with Gasteiger partial charge in [-0.2, -0.15) is 0 Å². The van der Waals surface area contributed by atoms with Crippen LogP contribution in [-0.4, -0.2) is 16.1 Å². The monoisotopic (exact) mass is 745 g/mol. The smallest absolute Gasteiger partial charge is 0.163 e. The minimum absolute atomic E-state index is 0.0216. The van der Waals surface area contributed by atoms with E-state index in [2.05, 4.69) is 163 Å². The van der Waals surface area contributed by atoms with Gasteiger partial charge in [0.2, 0.25) is 0 Å². The summed E-state index contributed by atoms with van der Waals surface area (Å²) >= 11 is 0. The molecule has 0 aliphatic carbocycles. The average Bonchev–Trinajstić information content (AvgIpc) is 3.94. The summed E-state index contributed by atoms with van der Waals surface area (Å²) < 4.78 is 15.8. The summed E-state index contributed by atoms with van der Waals surface area (Å²) in [7, 11) is 0. The van der Waals surface area contributed by atoms with Gasteiger partial charge in [0.15, 0.2) is 5.84 Å². The highest BCUT2D eigenvalue weighted by Gasteiger charge is 2.26. The van der Waals surface area contributed by atoms with E-state index in [1.54, 1.807) is 0 Å². The predicted octanol–water partition coefficient (Wildman–Crippen LogP) is 14.1. The molecule has 12 rings (SSSR count). The number of para-hydroxylation sites is 4. The molecule has 0 amide bonds. The number of rotatable bonds is 4. The van der Waals surface area contributed by atoms with Gasteiger partial charge in [-0.15, -0.1) is 0 Å². The largest absolute Gasteiger partial charge is 0.456 e. The van der Waals surface area contributed by atoms with Gasteiger partial charge in [0, 0.05) is 49.9 Å². The molecule has 1 unspecified atom stereocenters. The first-order chi connectivity index (χ1) is 28.7. The van der Waals surface area contributed by atoms with Crippen molar-refractivity contribution in [1.82, 2.24) is 4.57 Å². The zero-order valence-corrected chi connectivity index (χ0v) is 31.7.